The van der Waals surface area contributed by atoms with Gasteiger partial charge in [-0.05, 0) is 50.7 Å². The molecule has 2 rings (SSSR count). The molecule has 0 aliphatic heterocycles. The van der Waals surface area contributed by atoms with Crippen molar-refractivity contribution < 1.29 is 4.74 Å². The maximum absolute atomic E-state index is 6.23. The van der Waals surface area contributed by atoms with E-state index < -0.39 is 0 Å². The molecule has 21 heavy (non-hydrogen) atoms. The summed E-state index contributed by atoms with van der Waals surface area (Å²) in [6.07, 6.45) is 5.68. The van der Waals surface area contributed by atoms with Gasteiger partial charge in [-0.3, -0.25) is 0 Å². The van der Waals surface area contributed by atoms with Gasteiger partial charge in [-0.2, -0.15) is 0 Å². The second-order valence-electron chi connectivity index (χ2n) is 7.48. The van der Waals surface area contributed by atoms with Crippen molar-refractivity contribution >= 4 is 0 Å². The second-order valence-corrected chi connectivity index (χ2v) is 7.48. The van der Waals surface area contributed by atoms with E-state index in [-0.39, 0.29) is 5.54 Å². The summed E-state index contributed by atoms with van der Waals surface area (Å²) in [5.74, 6) is 0.707. The second kappa shape index (κ2) is 7.42. The standard InChI is InChI=1S/C19H31NO/c1-15-9-5-8-12-18(15)21-14-17-11-7-6-10-16(17)13-20-19(2,3)4/h6-7,10-11,15,18,20H,5,8-9,12-14H2,1-4H3. The van der Waals surface area contributed by atoms with E-state index in [9.17, 15) is 0 Å². The Bertz CT molecular complexity index is 435. The highest BCUT2D eigenvalue weighted by atomic mass is 16.5. The van der Waals surface area contributed by atoms with Crippen molar-refractivity contribution in [2.24, 2.45) is 5.92 Å². The number of rotatable bonds is 5. The number of benzene rings is 1. The van der Waals surface area contributed by atoms with Crippen LogP contribution in [0.25, 0.3) is 0 Å². The van der Waals surface area contributed by atoms with Crippen molar-refractivity contribution in [1.82, 2.24) is 5.32 Å². The average molecular weight is 289 g/mol. The molecule has 1 fully saturated rings. The Balaban J connectivity index is 1.93. The van der Waals surface area contributed by atoms with Gasteiger partial charge in [-0.15, -0.1) is 0 Å². The molecule has 0 bridgehead atoms. The molecular formula is C19H31NO. The van der Waals surface area contributed by atoms with Crippen molar-refractivity contribution in [3.8, 4) is 0 Å². The smallest absolute Gasteiger partial charge is 0.0723 e. The lowest BCUT2D eigenvalue weighted by Gasteiger charge is -2.29. The van der Waals surface area contributed by atoms with Crippen LogP contribution in [0.4, 0.5) is 0 Å². The quantitative estimate of drug-likeness (QED) is 0.850. The summed E-state index contributed by atoms with van der Waals surface area (Å²) in [5, 5.41) is 3.57. The number of hydrogen-bond acceptors (Lipinski definition) is 2. The Kier molecular flexibility index (Phi) is 5.83. The molecule has 0 spiro atoms. The fourth-order valence-electron chi connectivity index (χ4n) is 2.96. The van der Waals surface area contributed by atoms with Crippen LogP contribution in [0, 0.1) is 5.92 Å². The molecule has 118 valence electrons. The minimum Gasteiger partial charge on any atom is -0.373 e. The highest BCUT2D eigenvalue weighted by Crippen LogP contribution is 2.27. The summed E-state index contributed by atoms with van der Waals surface area (Å²) in [4.78, 5) is 0. The van der Waals surface area contributed by atoms with Crippen molar-refractivity contribution in [2.75, 3.05) is 0 Å². The first-order valence-corrected chi connectivity index (χ1v) is 8.39. The predicted molar refractivity (Wildman–Crippen MR) is 89.2 cm³/mol. The van der Waals surface area contributed by atoms with Crippen LogP contribution in [0.3, 0.4) is 0 Å². The molecule has 1 aliphatic rings. The predicted octanol–water partition coefficient (Wildman–Crippen LogP) is 4.67. The van der Waals surface area contributed by atoms with Crippen LogP contribution < -0.4 is 5.32 Å². The lowest BCUT2D eigenvalue weighted by atomic mass is 9.88. The van der Waals surface area contributed by atoms with Gasteiger partial charge in [0.05, 0.1) is 12.7 Å². The minimum absolute atomic E-state index is 0.145. The largest absolute Gasteiger partial charge is 0.373 e. The van der Waals surface area contributed by atoms with Crippen LogP contribution in [0.5, 0.6) is 0 Å². The molecule has 1 aromatic rings. The van der Waals surface area contributed by atoms with E-state index in [0.717, 1.165) is 13.2 Å². The third-order valence-corrected chi connectivity index (χ3v) is 4.41. The van der Waals surface area contributed by atoms with Crippen molar-refractivity contribution in [1.29, 1.82) is 0 Å². The third-order valence-electron chi connectivity index (χ3n) is 4.41. The normalized spacial score (nSPS) is 23.2. The fraction of sp³-hybridized carbons (Fsp3) is 0.684. The Morgan fingerprint density at radius 1 is 1.10 bits per heavy atom. The van der Waals surface area contributed by atoms with E-state index in [1.54, 1.807) is 0 Å². The molecule has 0 saturated heterocycles. The van der Waals surface area contributed by atoms with E-state index in [0.29, 0.717) is 12.0 Å². The first kappa shape index (κ1) is 16.5. The molecule has 0 radical (unpaired) electrons. The summed E-state index contributed by atoms with van der Waals surface area (Å²) < 4.78 is 6.23. The number of nitrogens with one attached hydrogen (secondary N) is 1. The maximum Gasteiger partial charge on any atom is 0.0723 e. The van der Waals surface area contributed by atoms with Gasteiger partial charge in [0.25, 0.3) is 0 Å². The van der Waals surface area contributed by atoms with Crippen LogP contribution in [0.15, 0.2) is 24.3 Å². The molecule has 2 unspecified atom stereocenters. The molecule has 2 nitrogen and oxygen atoms in total. The Labute approximate surface area is 130 Å². The summed E-state index contributed by atoms with van der Waals surface area (Å²) in [7, 11) is 0. The highest BCUT2D eigenvalue weighted by molar-refractivity contribution is 5.26. The van der Waals surface area contributed by atoms with Crippen molar-refractivity contribution in [3.05, 3.63) is 35.4 Å². The van der Waals surface area contributed by atoms with Gasteiger partial charge in [-0.1, -0.05) is 44.0 Å². The third kappa shape index (κ3) is 5.44. The van der Waals surface area contributed by atoms with Crippen LogP contribution in [0.2, 0.25) is 0 Å². The van der Waals surface area contributed by atoms with Crippen molar-refractivity contribution in [3.63, 3.8) is 0 Å². The van der Waals surface area contributed by atoms with Gasteiger partial charge in [0.2, 0.25) is 0 Å². The van der Waals surface area contributed by atoms with Gasteiger partial charge < -0.3 is 10.1 Å². The zero-order chi connectivity index (χ0) is 15.3. The molecule has 0 aromatic heterocycles. The summed E-state index contributed by atoms with van der Waals surface area (Å²) in [6.45, 7) is 10.6. The molecule has 0 heterocycles. The maximum atomic E-state index is 6.23. The van der Waals surface area contributed by atoms with E-state index >= 15 is 0 Å². The molecule has 2 heteroatoms. The van der Waals surface area contributed by atoms with Crippen molar-refractivity contribution in [2.45, 2.75) is 78.2 Å². The molecule has 0 amide bonds. The van der Waals surface area contributed by atoms with Crippen LogP contribution in [-0.4, -0.2) is 11.6 Å². The zero-order valence-corrected chi connectivity index (χ0v) is 14.1. The van der Waals surface area contributed by atoms with Gasteiger partial charge in [0.15, 0.2) is 0 Å². The Morgan fingerprint density at radius 3 is 2.43 bits per heavy atom. The average Bonchev–Trinajstić information content (AvgIpc) is 2.44. The minimum atomic E-state index is 0.145. The summed E-state index contributed by atoms with van der Waals surface area (Å²) in [6, 6.07) is 8.64. The molecule has 1 aromatic carbocycles. The Morgan fingerprint density at radius 2 is 1.76 bits per heavy atom. The van der Waals surface area contributed by atoms with Gasteiger partial charge in [0, 0.05) is 12.1 Å². The van der Waals surface area contributed by atoms with E-state index in [1.807, 2.05) is 0 Å². The van der Waals surface area contributed by atoms with Gasteiger partial charge in [0.1, 0.15) is 0 Å². The lowest BCUT2D eigenvalue weighted by molar-refractivity contribution is -0.0157. The lowest BCUT2D eigenvalue weighted by Crippen LogP contribution is -2.35. The molecule has 1 saturated carbocycles. The summed E-state index contributed by atoms with van der Waals surface area (Å²) in [5.41, 5.74) is 2.83. The van der Waals surface area contributed by atoms with Crippen LogP contribution in [-0.2, 0) is 17.9 Å². The number of hydrogen-bond donors (Lipinski definition) is 1. The monoisotopic (exact) mass is 289 g/mol. The van der Waals surface area contributed by atoms with E-state index in [4.69, 9.17) is 4.74 Å². The number of ether oxygens (including phenoxy) is 1. The molecular weight excluding hydrogens is 258 g/mol. The first-order valence-electron chi connectivity index (χ1n) is 8.39. The van der Waals surface area contributed by atoms with Gasteiger partial charge >= 0.3 is 0 Å². The summed E-state index contributed by atoms with van der Waals surface area (Å²) >= 11 is 0. The van der Waals surface area contributed by atoms with Gasteiger partial charge in [-0.25, -0.2) is 0 Å². The van der Waals surface area contributed by atoms with E-state index in [2.05, 4.69) is 57.3 Å². The highest BCUT2D eigenvalue weighted by Gasteiger charge is 2.22. The topological polar surface area (TPSA) is 21.3 Å². The van der Waals surface area contributed by atoms with E-state index in [1.165, 1.54) is 36.8 Å². The molecule has 1 aliphatic carbocycles. The molecule has 2 atom stereocenters. The fourth-order valence-corrected chi connectivity index (χ4v) is 2.96. The van der Waals surface area contributed by atoms with Crippen LogP contribution in [0.1, 0.15) is 64.5 Å². The first-order chi connectivity index (χ1) is 9.96. The van der Waals surface area contributed by atoms with Crippen LogP contribution >= 0.6 is 0 Å². The molecule has 1 N–H and O–H groups in total. The zero-order valence-electron chi connectivity index (χ0n) is 14.1. The Hall–Kier alpha value is -0.860. The SMILES string of the molecule is CC1CCCCC1OCc1ccccc1CNC(C)(C)C.